The van der Waals surface area contributed by atoms with E-state index in [4.69, 9.17) is 15.2 Å². The van der Waals surface area contributed by atoms with Crippen molar-refractivity contribution in [3.05, 3.63) is 39.8 Å². The van der Waals surface area contributed by atoms with Crippen molar-refractivity contribution in [1.82, 2.24) is 15.2 Å². The number of hydrogen-bond acceptors (Lipinski definition) is 8. The lowest BCUT2D eigenvalue weighted by Crippen LogP contribution is -2.20. The molecular formula is C15H18N6O4. The number of carbonyl (C=O) groups is 1. The van der Waals surface area contributed by atoms with Crippen LogP contribution in [0.3, 0.4) is 0 Å². The van der Waals surface area contributed by atoms with Gasteiger partial charge in [-0.05, 0) is 37.6 Å². The zero-order chi connectivity index (χ0) is 18.2. The molecule has 0 aliphatic heterocycles. The number of benzene rings is 1. The number of amides is 1. The molecule has 10 heteroatoms. The van der Waals surface area contributed by atoms with Gasteiger partial charge in [0, 0.05) is 0 Å². The highest BCUT2D eigenvalue weighted by Gasteiger charge is 2.07. The smallest absolute Gasteiger partial charge is 0.274 e. The summed E-state index contributed by atoms with van der Waals surface area (Å²) in [6, 6.07) is 5.05. The van der Waals surface area contributed by atoms with E-state index in [9.17, 15) is 9.59 Å². The summed E-state index contributed by atoms with van der Waals surface area (Å²) in [5.74, 6) is 0.402. The summed E-state index contributed by atoms with van der Waals surface area (Å²) in [7, 11) is 0. The Morgan fingerprint density at radius 1 is 1.36 bits per heavy atom. The SMILES string of the molecule is CCOc1cc(C=NNc2nnc(C)c(=O)[nH]2)ccc1OCC(N)=O. The van der Waals surface area contributed by atoms with Crippen LogP contribution in [0.4, 0.5) is 5.95 Å². The van der Waals surface area contributed by atoms with Crippen molar-refractivity contribution < 1.29 is 14.3 Å². The zero-order valence-electron chi connectivity index (χ0n) is 13.8. The van der Waals surface area contributed by atoms with E-state index < -0.39 is 5.91 Å². The molecule has 1 amide bonds. The van der Waals surface area contributed by atoms with Gasteiger partial charge in [0.15, 0.2) is 18.1 Å². The van der Waals surface area contributed by atoms with E-state index in [2.05, 4.69) is 25.7 Å². The quantitative estimate of drug-likeness (QED) is 0.457. The van der Waals surface area contributed by atoms with Crippen LogP contribution in [0.25, 0.3) is 0 Å². The number of carbonyl (C=O) groups excluding carboxylic acids is 1. The van der Waals surface area contributed by atoms with E-state index in [0.717, 1.165) is 0 Å². The molecule has 0 radical (unpaired) electrons. The monoisotopic (exact) mass is 346 g/mol. The van der Waals surface area contributed by atoms with Gasteiger partial charge in [-0.2, -0.15) is 5.10 Å². The van der Waals surface area contributed by atoms with Crippen LogP contribution in [0.1, 0.15) is 18.2 Å². The van der Waals surface area contributed by atoms with Crippen LogP contribution in [0, 0.1) is 6.92 Å². The van der Waals surface area contributed by atoms with Crippen molar-refractivity contribution >= 4 is 18.1 Å². The maximum Gasteiger partial charge on any atom is 0.274 e. The van der Waals surface area contributed by atoms with Gasteiger partial charge in [-0.3, -0.25) is 14.6 Å². The summed E-state index contributed by atoms with van der Waals surface area (Å²) in [5, 5.41) is 11.4. The molecule has 1 aromatic heterocycles. The third kappa shape index (κ3) is 5.30. The minimum absolute atomic E-state index is 0.123. The van der Waals surface area contributed by atoms with Crippen molar-refractivity contribution in [3.63, 3.8) is 0 Å². The number of nitrogens with two attached hydrogens (primary N) is 1. The van der Waals surface area contributed by atoms with E-state index >= 15 is 0 Å². The van der Waals surface area contributed by atoms with Crippen LogP contribution in [0.2, 0.25) is 0 Å². The molecule has 25 heavy (non-hydrogen) atoms. The van der Waals surface area contributed by atoms with Crippen LogP contribution in [-0.2, 0) is 4.79 Å². The summed E-state index contributed by atoms with van der Waals surface area (Å²) >= 11 is 0. The lowest BCUT2D eigenvalue weighted by molar-refractivity contribution is -0.119. The lowest BCUT2D eigenvalue weighted by atomic mass is 10.2. The molecule has 10 nitrogen and oxygen atoms in total. The van der Waals surface area contributed by atoms with Gasteiger partial charge in [0.25, 0.3) is 11.5 Å². The maximum atomic E-state index is 11.4. The second-order valence-electron chi connectivity index (χ2n) is 4.85. The molecule has 132 valence electrons. The minimum atomic E-state index is -0.578. The van der Waals surface area contributed by atoms with Gasteiger partial charge in [-0.15, -0.1) is 10.2 Å². The normalized spacial score (nSPS) is 10.6. The first-order chi connectivity index (χ1) is 12.0. The van der Waals surface area contributed by atoms with Crippen LogP contribution < -0.4 is 26.2 Å². The van der Waals surface area contributed by atoms with Crippen molar-refractivity contribution in [2.24, 2.45) is 10.8 Å². The minimum Gasteiger partial charge on any atom is -0.490 e. The number of aromatic amines is 1. The Kier molecular flexibility index (Phi) is 6.04. The molecule has 0 unspecified atom stereocenters. The number of rotatable bonds is 8. The average Bonchev–Trinajstić information content (AvgIpc) is 2.57. The molecule has 0 saturated heterocycles. The summed E-state index contributed by atoms with van der Waals surface area (Å²) in [6.45, 7) is 3.56. The average molecular weight is 346 g/mol. The second kappa shape index (κ2) is 8.43. The fourth-order valence-corrected chi connectivity index (χ4v) is 1.75. The molecule has 2 aromatic rings. The van der Waals surface area contributed by atoms with E-state index in [0.29, 0.717) is 23.7 Å². The standard InChI is InChI=1S/C15H18N6O4/c1-3-24-12-6-10(4-5-11(12)25-8-13(16)22)7-17-20-15-18-14(23)9(2)19-21-15/h4-7H,3,8H2,1-2H3,(H2,16,22)(H2,18,20,21,23). The van der Waals surface area contributed by atoms with Crippen molar-refractivity contribution in [2.45, 2.75) is 13.8 Å². The number of nitrogens with zero attached hydrogens (tertiary/aromatic N) is 3. The molecule has 0 aliphatic rings. The largest absolute Gasteiger partial charge is 0.490 e. The Morgan fingerprint density at radius 2 is 2.16 bits per heavy atom. The van der Waals surface area contributed by atoms with Crippen LogP contribution >= 0.6 is 0 Å². The van der Waals surface area contributed by atoms with Gasteiger partial charge in [0.05, 0.1) is 12.8 Å². The predicted molar refractivity (Wildman–Crippen MR) is 90.9 cm³/mol. The molecule has 0 atom stereocenters. The number of hydrazone groups is 1. The van der Waals surface area contributed by atoms with E-state index in [1.807, 2.05) is 6.92 Å². The number of anilines is 1. The van der Waals surface area contributed by atoms with Gasteiger partial charge in [0.2, 0.25) is 5.95 Å². The summed E-state index contributed by atoms with van der Waals surface area (Å²) < 4.78 is 10.8. The number of aromatic nitrogens is 3. The summed E-state index contributed by atoms with van der Waals surface area (Å²) in [4.78, 5) is 24.7. The molecule has 1 aromatic carbocycles. The van der Waals surface area contributed by atoms with Crippen LogP contribution in [0.15, 0.2) is 28.1 Å². The third-order valence-electron chi connectivity index (χ3n) is 2.88. The number of nitrogens with one attached hydrogen (secondary N) is 2. The molecule has 4 N–H and O–H groups in total. The van der Waals surface area contributed by atoms with Crippen LogP contribution in [-0.4, -0.2) is 40.5 Å². The Morgan fingerprint density at radius 3 is 2.84 bits per heavy atom. The number of H-pyrrole nitrogens is 1. The Hall–Kier alpha value is -3.43. The van der Waals surface area contributed by atoms with Crippen molar-refractivity contribution in [1.29, 1.82) is 0 Å². The van der Waals surface area contributed by atoms with Gasteiger partial charge in [-0.1, -0.05) is 0 Å². The third-order valence-corrected chi connectivity index (χ3v) is 2.88. The Balaban J connectivity index is 2.10. The fourth-order valence-electron chi connectivity index (χ4n) is 1.75. The molecule has 0 saturated carbocycles. The predicted octanol–water partition coefficient (Wildman–Crippen LogP) is 0.182. The molecule has 0 aliphatic carbocycles. The van der Waals surface area contributed by atoms with Gasteiger partial charge >= 0.3 is 0 Å². The number of ether oxygens (including phenoxy) is 2. The second-order valence-corrected chi connectivity index (χ2v) is 4.85. The van der Waals surface area contributed by atoms with Gasteiger partial charge < -0.3 is 15.2 Å². The topological polar surface area (TPSA) is 145 Å². The van der Waals surface area contributed by atoms with Gasteiger partial charge in [0.1, 0.15) is 5.69 Å². The number of primary amides is 1. The highest BCUT2D eigenvalue weighted by atomic mass is 16.5. The molecule has 2 rings (SSSR count). The van der Waals surface area contributed by atoms with E-state index in [1.165, 1.54) is 6.21 Å². The molecule has 0 spiro atoms. The molecular weight excluding hydrogens is 328 g/mol. The van der Waals surface area contributed by atoms with E-state index in [-0.39, 0.29) is 23.8 Å². The van der Waals surface area contributed by atoms with Crippen molar-refractivity contribution in [3.8, 4) is 11.5 Å². The molecule has 0 fully saturated rings. The molecule has 0 bridgehead atoms. The highest BCUT2D eigenvalue weighted by molar-refractivity contribution is 5.81. The highest BCUT2D eigenvalue weighted by Crippen LogP contribution is 2.28. The first kappa shape index (κ1) is 17.9. The summed E-state index contributed by atoms with van der Waals surface area (Å²) in [5.41, 5.74) is 8.26. The Bertz CT molecular complexity index is 833. The maximum absolute atomic E-state index is 11.4. The van der Waals surface area contributed by atoms with Crippen LogP contribution in [0.5, 0.6) is 11.5 Å². The number of hydrogen-bond donors (Lipinski definition) is 3. The van der Waals surface area contributed by atoms with E-state index in [1.54, 1.807) is 25.1 Å². The van der Waals surface area contributed by atoms with Crippen molar-refractivity contribution in [2.75, 3.05) is 18.6 Å². The number of aryl methyl sites for hydroxylation is 1. The first-order valence-corrected chi connectivity index (χ1v) is 7.40. The first-order valence-electron chi connectivity index (χ1n) is 7.40. The fraction of sp³-hybridized carbons (Fsp3) is 0.267. The summed E-state index contributed by atoms with van der Waals surface area (Å²) in [6.07, 6.45) is 1.50. The molecule has 1 heterocycles. The Labute approximate surface area is 143 Å². The lowest BCUT2D eigenvalue weighted by Gasteiger charge is -2.11. The van der Waals surface area contributed by atoms with Gasteiger partial charge in [-0.25, -0.2) is 5.43 Å². The zero-order valence-corrected chi connectivity index (χ0v) is 13.8.